The number of benzene rings is 1. The van der Waals surface area contributed by atoms with Crippen LogP contribution in [-0.4, -0.2) is 36.8 Å². The zero-order valence-electron chi connectivity index (χ0n) is 14.0. The third-order valence-corrected chi connectivity index (χ3v) is 3.94. The lowest BCUT2D eigenvalue weighted by Gasteiger charge is -2.16. The monoisotopic (exact) mass is 330 g/mol. The molecule has 1 aliphatic rings. The Hall–Kier alpha value is -2.34. The Morgan fingerprint density at radius 1 is 1.46 bits per heavy atom. The van der Waals surface area contributed by atoms with Gasteiger partial charge in [-0.05, 0) is 43.9 Å². The lowest BCUT2D eigenvalue weighted by molar-refractivity contribution is 0.0994. The standard InChI is InChI=1S/C18H22N2O4/c1-11(2)24-16-8-14-13(7-15(16)17(19)21)3-5-20-18(14)23-10-12-4-6-22-9-12/h3,5,7-8,11-12H,4,6,9-10H2,1-2H3,(H2,19,21). The van der Waals surface area contributed by atoms with Crippen molar-refractivity contribution in [3.8, 4) is 11.6 Å². The molecule has 0 bridgehead atoms. The fraction of sp³-hybridized carbons (Fsp3) is 0.444. The lowest BCUT2D eigenvalue weighted by Crippen LogP contribution is -2.16. The van der Waals surface area contributed by atoms with Crippen LogP contribution >= 0.6 is 0 Å². The highest BCUT2D eigenvalue weighted by Crippen LogP contribution is 2.31. The van der Waals surface area contributed by atoms with Crippen molar-refractivity contribution in [2.75, 3.05) is 19.8 Å². The number of ether oxygens (including phenoxy) is 3. The van der Waals surface area contributed by atoms with Crippen molar-refractivity contribution < 1.29 is 19.0 Å². The first-order valence-electron chi connectivity index (χ1n) is 8.14. The van der Waals surface area contributed by atoms with Gasteiger partial charge in [0.2, 0.25) is 5.88 Å². The van der Waals surface area contributed by atoms with Crippen molar-refractivity contribution in [3.63, 3.8) is 0 Å². The summed E-state index contributed by atoms with van der Waals surface area (Å²) in [6.07, 6.45) is 2.59. The van der Waals surface area contributed by atoms with Gasteiger partial charge in [-0.25, -0.2) is 4.98 Å². The summed E-state index contributed by atoms with van der Waals surface area (Å²) in [5.41, 5.74) is 5.84. The van der Waals surface area contributed by atoms with E-state index in [1.807, 2.05) is 19.9 Å². The average Bonchev–Trinajstić information content (AvgIpc) is 3.05. The lowest BCUT2D eigenvalue weighted by atomic mass is 10.1. The number of hydrogen-bond donors (Lipinski definition) is 1. The van der Waals surface area contributed by atoms with Crippen LogP contribution in [0, 0.1) is 5.92 Å². The van der Waals surface area contributed by atoms with E-state index >= 15 is 0 Å². The summed E-state index contributed by atoms with van der Waals surface area (Å²) in [6.45, 7) is 5.86. The highest BCUT2D eigenvalue weighted by atomic mass is 16.5. The van der Waals surface area contributed by atoms with Crippen LogP contribution in [-0.2, 0) is 4.74 Å². The Balaban J connectivity index is 1.95. The van der Waals surface area contributed by atoms with Crippen LogP contribution in [0.4, 0.5) is 0 Å². The molecule has 1 aromatic heterocycles. The number of pyridine rings is 1. The van der Waals surface area contributed by atoms with Gasteiger partial charge in [-0.2, -0.15) is 0 Å². The van der Waals surface area contributed by atoms with Crippen LogP contribution < -0.4 is 15.2 Å². The van der Waals surface area contributed by atoms with Crippen molar-refractivity contribution in [2.45, 2.75) is 26.4 Å². The molecule has 2 heterocycles. The van der Waals surface area contributed by atoms with E-state index < -0.39 is 5.91 Å². The molecular formula is C18H22N2O4. The maximum Gasteiger partial charge on any atom is 0.252 e. The molecule has 0 saturated carbocycles. The van der Waals surface area contributed by atoms with Crippen molar-refractivity contribution in [1.29, 1.82) is 0 Å². The van der Waals surface area contributed by atoms with Gasteiger partial charge in [0.15, 0.2) is 0 Å². The molecule has 0 radical (unpaired) electrons. The van der Waals surface area contributed by atoms with E-state index in [0.29, 0.717) is 29.7 Å². The van der Waals surface area contributed by atoms with Crippen molar-refractivity contribution in [2.24, 2.45) is 11.7 Å². The topological polar surface area (TPSA) is 83.7 Å². The summed E-state index contributed by atoms with van der Waals surface area (Å²) in [4.78, 5) is 16.0. The molecule has 2 aromatic rings. The van der Waals surface area contributed by atoms with Crippen LogP contribution in [0.1, 0.15) is 30.6 Å². The molecule has 1 unspecified atom stereocenters. The summed E-state index contributed by atoms with van der Waals surface area (Å²) in [6, 6.07) is 5.33. The smallest absolute Gasteiger partial charge is 0.252 e. The van der Waals surface area contributed by atoms with E-state index in [1.54, 1.807) is 18.3 Å². The molecule has 1 fully saturated rings. The van der Waals surface area contributed by atoms with Gasteiger partial charge < -0.3 is 19.9 Å². The fourth-order valence-electron chi connectivity index (χ4n) is 2.75. The molecular weight excluding hydrogens is 308 g/mol. The van der Waals surface area contributed by atoms with Crippen LogP contribution in [0.3, 0.4) is 0 Å². The first-order valence-corrected chi connectivity index (χ1v) is 8.14. The summed E-state index contributed by atoms with van der Waals surface area (Å²) < 4.78 is 17.0. The van der Waals surface area contributed by atoms with Crippen LogP contribution in [0.15, 0.2) is 24.4 Å². The van der Waals surface area contributed by atoms with Crippen molar-refractivity contribution in [3.05, 3.63) is 30.0 Å². The number of aromatic nitrogens is 1. The summed E-state index contributed by atoms with van der Waals surface area (Å²) in [5, 5.41) is 1.64. The Morgan fingerprint density at radius 3 is 2.96 bits per heavy atom. The highest BCUT2D eigenvalue weighted by Gasteiger charge is 2.19. The molecule has 3 rings (SSSR count). The molecule has 0 aliphatic carbocycles. The molecule has 2 N–H and O–H groups in total. The number of fused-ring (bicyclic) bond motifs is 1. The zero-order valence-corrected chi connectivity index (χ0v) is 14.0. The van der Waals surface area contributed by atoms with E-state index in [2.05, 4.69) is 4.98 Å². The quantitative estimate of drug-likeness (QED) is 0.880. The van der Waals surface area contributed by atoms with Crippen LogP contribution in [0.5, 0.6) is 11.6 Å². The largest absolute Gasteiger partial charge is 0.490 e. The van der Waals surface area contributed by atoms with Crippen molar-refractivity contribution >= 4 is 16.7 Å². The first kappa shape index (κ1) is 16.5. The van der Waals surface area contributed by atoms with E-state index in [4.69, 9.17) is 19.9 Å². The molecule has 1 aliphatic heterocycles. The number of hydrogen-bond acceptors (Lipinski definition) is 5. The first-order chi connectivity index (χ1) is 11.5. The van der Waals surface area contributed by atoms with Gasteiger partial charge >= 0.3 is 0 Å². The van der Waals surface area contributed by atoms with Crippen molar-refractivity contribution in [1.82, 2.24) is 4.98 Å². The molecule has 6 heteroatoms. The maximum absolute atomic E-state index is 11.7. The number of nitrogens with zero attached hydrogens (tertiary/aromatic N) is 1. The van der Waals surface area contributed by atoms with Gasteiger partial charge in [0.1, 0.15) is 5.75 Å². The summed E-state index contributed by atoms with van der Waals surface area (Å²) >= 11 is 0. The number of primary amides is 1. The second kappa shape index (κ2) is 7.05. The average molecular weight is 330 g/mol. The second-order valence-corrected chi connectivity index (χ2v) is 6.26. The summed E-state index contributed by atoms with van der Waals surface area (Å²) in [5.74, 6) is 0.851. The fourth-order valence-corrected chi connectivity index (χ4v) is 2.75. The van der Waals surface area contributed by atoms with Gasteiger partial charge in [0, 0.05) is 24.1 Å². The van der Waals surface area contributed by atoms with E-state index in [1.165, 1.54) is 0 Å². The van der Waals surface area contributed by atoms with Gasteiger partial charge in [-0.3, -0.25) is 4.79 Å². The van der Waals surface area contributed by atoms with Crippen LogP contribution in [0.25, 0.3) is 10.8 Å². The SMILES string of the molecule is CC(C)Oc1cc2c(OCC3CCOC3)nccc2cc1C(N)=O. The minimum Gasteiger partial charge on any atom is -0.490 e. The highest BCUT2D eigenvalue weighted by molar-refractivity contribution is 6.01. The third kappa shape index (κ3) is 3.59. The molecule has 128 valence electrons. The molecule has 1 atom stereocenters. The number of amides is 1. The van der Waals surface area contributed by atoms with Gasteiger partial charge in [-0.1, -0.05) is 0 Å². The number of carbonyl (C=O) groups excluding carboxylic acids is 1. The van der Waals surface area contributed by atoms with E-state index in [0.717, 1.165) is 30.4 Å². The minimum absolute atomic E-state index is 0.0720. The molecule has 0 spiro atoms. The Kier molecular flexibility index (Phi) is 4.85. The summed E-state index contributed by atoms with van der Waals surface area (Å²) in [7, 11) is 0. The zero-order chi connectivity index (χ0) is 17.1. The van der Waals surface area contributed by atoms with Gasteiger partial charge in [0.25, 0.3) is 5.91 Å². The Labute approximate surface area is 140 Å². The maximum atomic E-state index is 11.7. The Bertz CT molecular complexity index is 739. The van der Waals surface area contributed by atoms with Crippen LogP contribution in [0.2, 0.25) is 0 Å². The predicted octanol–water partition coefficient (Wildman–Crippen LogP) is 2.54. The normalized spacial score (nSPS) is 17.4. The number of rotatable bonds is 6. The molecule has 1 amide bonds. The molecule has 1 saturated heterocycles. The predicted molar refractivity (Wildman–Crippen MR) is 90.4 cm³/mol. The molecule has 1 aromatic carbocycles. The third-order valence-electron chi connectivity index (χ3n) is 3.94. The number of nitrogens with two attached hydrogens (primary N) is 1. The molecule has 24 heavy (non-hydrogen) atoms. The number of carbonyl (C=O) groups is 1. The second-order valence-electron chi connectivity index (χ2n) is 6.26. The van der Waals surface area contributed by atoms with E-state index in [9.17, 15) is 4.79 Å². The molecule has 6 nitrogen and oxygen atoms in total. The van der Waals surface area contributed by atoms with Gasteiger partial charge in [0.05, 0.1) is 24.9 Å². The van der Waals surface area contributed by atoms with Gasteiger partial charge in [-0.15, -0.1) is 0 Å². The minimum atomic E-state index is -0.519. The van der Waals surface area contributed by atoms with E-state index in [-0.39, 0.29) is 6.10 Å². The Morgan fingerprint density at radius 2 is 2.29 bits per heavy atom.